The van der Waals surface area contributed by atoms with Gasteiger partial charge in [-0.1, -0.05) is 90.0 Å². The molecule has 5 aromatic rings. The first-order chi connectivity index (χ1) is 22.1. The van der Waals surface area contributed by atoms with Gasteiger partial charge < -0.3 is 15.4 Å². The molecule has 2 N–H and O–H groups in total. The number of nitrogens with one attached hydrogen (secondary N) is 2. The lowest BCUT2D eigenvalue weighted by molar-refractivity contribution is 0.306. The summed E-state index contributed by atoms with van der Waals surface area (Å²) >= 11 is 0. The van der Waals surface area contributed by atoms with Crippen molar-refractivity contribution in [3.8, 4) is 5.75 Å². The van der Waals surface area contributed by atoms with Crippen molar-refractivity contribution in [3.63, 3.8) is 0 Å². The zero-order valence-electron chi connectivity index (χ0n) is 26.5. The molecule has 0 amide bonds. The van der Waals surface area contributed by atoms with Crippen LogP contribution >= 0.6 is 0 Å². The number of benzene rings is 4. The van der Waals surface area contributed by atoms with Crippen LogP contribution < -0.4 is 15.4 Å². The molecule has 0 radical (unpaired) electrons. The number of ether oxygens (including phenoxy) is 1. The third kappa shape index (κ3) is 8.21. The Labute approximate surface area is 267 Å². The normalized spacial score (nSPS) is 15.7. The molecule has 4 heteroatoms. The Morgan fingerprint density at radius 3 is 2.22 bits per heavy atom. The Bertz CT molecular complexity index is 1810. The van der Waals surface area contributed by atoms with Crippen LogP contribution in [-0.2, 0) is 19.4 Å². The molecule has 228 valence electrons. The van der Waals surface area contributed by atoms with Gasteiger partial charge in [0.2, 0.25) is 0 Å². The third-order valence-electron chi connectivity index (χ3n) is 8.56. The van der Waals surface area contributed by atoms with E-state index in [0.717, 1.165) is 84.4 Å². The van der Waals surface area contributed by atoms with E-state index in [2.05, 4.69) is 103 Å². The topological polar surface area (TPSA) is 46.2 Å². The van der Waals surface area contributed by atoms with E-state index < -0.39 is 0 Å². The van der Waals surface area contributed by atoms with Gasteiger partial charge in [0.25, 0.3) is 0 Å². The summed E-state index contributed by atoms with van der Waals surface area (Å²) in [6.07, 6.45) is 11.3. The fourth-order valence-electron chi connectivity index (χ4n) is 6.01. The molecule has 4 nitrogen and oxygen atoms in total. The van der Waals surface area contributed by atoms with E-state index in [-0.39, 0.29) is 0 Å². The molecule has 0 bridgehead atoms. The molecule has 1 aliphatic carbocycles. The number of aryl methyl sites for hydroxylation is 3. The highest BCUT2D eigenvalue weighted by Crippen LogP contribution is 2.32. The number of rotatable bonds is 11. The molecule has 0 saturated heterocycles. The maximum Gasteiger partial charge on any atom is 0.120 e. The van der Waals surface area contributed by atoms with Gasteiger partial charge in [-0.2, -0.15) is 0 Å². The van der Waals surface area contributed by atoms with Crippen LogP contribution in [0.1, 0.15) is 55.0 Å². The van der Waals surface area contributed by atoms with Gasteiger partial charge in [0.1, 0.15) is 12.4 Å². The first kappa shape index (κ1) is 30.2. The van der Waals surface area contributed by atoms with Crippen molar-refractivity contribution in [2.24, 2.45) is 0 Å². The molecule has 45 heavy (non-hydrogen) atoms. The van der Waals surface area contributed by atoms with Crippen LogP contribution in [0.4, 0.5) is 17.1 Å². The monoisotopic (exact) mass is 593 g/mol. The molecule has 1 aromatic heterocycles. The van der Waals surface area contributed by atoms with Crippen LogP contribution in [-0.4, -0.2) is 11.5 Å². The lowest BCUT2D eigenvalue weighted by Gasteiger charge is -2.17. The number of para-hydroxylation sites is 2. The minimum atomic E-state index is 0.530. The molecule has 0 atom stereocenters. The maximum absolute atomic E-state index is 6.17. The summed E-state index contributed by atoms with van der Waals surface area (Å²) in [6.45, 7) is 5.75. The summed E-state index contributed by atoms with van der Waals surface area (Å²) in [4.78, 5) is 4.80. The Morgan fingerprint density at radius 2 is 1.40 bits per heavy atom. The predicted octanol–water partition coefficient (Wildman–Crippen LogP) is 10.5. The summed E-state index contributed by atoms with van der Waals surface area (Å²) in [5.74, 6) is 0.833. The molecular formula is C41H43N3O. The van der Waals surface area contributed by atoms with Crippen LogP contribution in [0.3, 0.4) is 0 Å². The molecule has 4 aromatic carbocycles. The lowest BCUT2D eigenvalue weighted by atomic mass is 9.99. The largest absolute Gasteiger partial charge is 0.489 e. The minimum Gasteiger partial charge on any atom is -0.489 e. The number of hydrogen-bond donors (Lipinski definition) is 2. The fraction of sp³-hybridized carbons (Fsp3) is 0.244. The van der Waals surface area contributed by atoms with E-state index in [1.807, 2.05) is 37.3 Å². The fourth-order valence-corrected chi connectivity index (χ4v) is 6.01. The second-order valence-electron chi connectivity index (χ2n) is 12.0. The van der Waals surface area contributed by atoms with Gasteiger partial charge >= 0.3 is 0 Å². The summed E-state index contributed by atoms with van der Waals surface area (Å²) in [5, 5.41) is 8.58. The molecule has 0 aliphatic heterocycles. The van der Waals surface area contributed by atoms with E-state index in [1.165, 1.54) is 28.0 Å². The van der Waals surface area contributed by atoms with E-state index in [0.29, 0.717) is 6.61 Å². The van der Waals surface area contributed by atoms with Crippen molar-refractivity contribution in [1.29, 1.82) is 0 Å². The summed E-state index contributed by atoms with van der Waals surface area (Å²) in [5.41, 5.74) is 12.1. The molecule has 0 spiro atoms. The van der Waals surface area contributed by atoms with Crippen LogP contribution in [0, 0.1) is 6.92 Å². The van der Waals surface area contributed by atoms with Gasteiger partial charge in [-0.05, 0) is 105 Å². The van der Waals surface area contributed by atoms with Gasteiger partial charge in [-0.15, -0.1) is 0 Å². The van der Waals surface area contributed by atoms with Crippen molar-refractivity contribution in [3.05, 3.63) is 149 Å². The predicted molar refractivity (Wildman–Crippen MR) is 190 cm³/mol. The van der Waals surface area contributed by atoms with E-state index in [9.17, 15) is 0 Å². The van der Waals surface area contributed by atoms with Crippen LogP contribution in [0.15, 0.2) is 126 Å². The first-order valence-corrected chi connectivity index (χ1v) is 16.2. The number of allylic oxidation sites excluding steroid dienone is 3. The SMILES string of the molecule is C/C1=C\CC/C=C(/CNc2ccccc2CCc2ccccc2Nc2cc(C)nc3ccc(OCc4ccccc4)cc23)CC1. The number of nitrogens with zero attached hydrogens (tertiary/aromatic N) is 1. The summed E-state index contributed by atoms with van der Waals surface area (Å²) in [6, 6.07) is 36.0. The quantitative estimate of drug-likeness (QED) is 0.150. The first-order valence-electron chi connectivity index (χ1n) is 16.2. The number of pyridine rings is 1. The van der Waals surface area contributed by atoms with Crippen molar-refractivity contribution in [2.45, 2.75) is 59.0 Å². The lowest BCUT2D eigenvalue weighted by Crippen LogP contribution is -2.08. The van der Waals surface area contributed by atoms with Gasteiger partial charge in [0.05, 0.1) is 5.52 Å². The molecule has 0 fully saturated rings. The van der Waals surface area contributed by atoms with Crippen LogP contribution in [0.5, 0.6) is 5.75 Å². The zero-order chi connectivity index (χ0) is 30.8. The molecule has 6 rings (SSSR count). The standard InChI is InChI=1S/C41H43N3O/c1-30-12-6-7-13-32(21-20-30)28-42-38-18-10-8-16-34(38)22-23-35-17-9-11-19-39(35)44-41-26-31(2)43-40-25-24-36(27-37(40)41)45-29-33-14-4-3-5-15-33/h3-5,8-19,24-27,42H,6-7,20-23,28-29H2,1-2H3,(H,43,44)/b30-12+,32-13+. The van der Waals surface area contributed by atoms with Crippen molar-refractivity contribution in [2.75, 3.05) is 17.2 Å². The smallest absolute Gasteiger partial charge is 0.120 e. The zero-order valence-corrected chi connectivity index (χ0v) is 26.5. The molecule has 1 aliphatic rings. The Kier molecular flexibility index (Phi) is 9.91. The molecular weight excluding hydrogens is 550 g/mol. The summed E-state index contributed by atoms with van der Waals surface area (Å²) < 4.78 is 6.17. The van der Waals surface area contributed by atoms with Gasteiger partial charge in [-0.3, -0.25) is 4.98 Å². The average molecular weight is 594 g/mol. The van der Waals surface area contributed by atoms with Crippen molar-refractivity contribution < 1.29 is 4.74 Å². The third-order valence-corrected chi connectivity index (χ3v) is 8.56. The van der Waals surface area contributed by atoms with E-state index in [4.69, 9.17) is 9.72 Å². The van der Waals surface area contributed by atoms with Crippen molar-refractivity contribution in [1.82, 2.24) is 4.98 Å². The Hall–Kier alpha value is -4.83. The number of aromatic nitrogens is 1. The molecule has 0 saturated carbocycles. The highest BCUT2D eigenvalue weighted by atomic mass is 16.5. The molecule has 0 unspecified atom stereocenters. The maximum atomic E-state index is 6.17. The van der Waals surface area contributed by atoms with E-state index in [1.54, 1.807) is 0 Å². The number of fused-ring (bicyclic) bond motifs is 1. The van der Waals surface area contributed by atoms with Gasteiger partial charge in [-0.25, -0.2) is 0 Å². The van der Waals surface area contributed by atoms with Crippen LogP contribution in [0.25, 0.3) is 10.9 Å². The average Bonchev–Trinajstić information content (AvgIpc) is 3.06. The number of hydrogen-bond acceptors (Lipinski definition) is 4. The minimum absolute atomic E-state index is 0.530. The van der Waals surface area contributed by atoms with Gasteiger partial charge in [0.15, 0.2) is 0 Å². The molecule has 1 heterocycles. The highest BCUT2D eigenvalue weighted by molar-refractivity contribution is 5.94. The highest BCUT2D eigenvalue weighted by Gasteiger charge is 2.11. The van der Waals surface area contributed by atoms with Crippen molar-refractivity contribution >= 4 is 28.0 Å². The second kappa shape index (κ2) is 14.8. The summed E-state index contributed by atoms with van der Waals surface area (Å²) in [7, 11) is 0. The second-order valence-corrected chi connectivity index (χ2v) is 12.0. The Morgan fingerprint density at radius 1 is 0.689 bits per heavy atom. The van der Waals surface area contributed by atoms with Crippen LogP contribution in [0.2, 0.25) is 0 Å². The van der Waals surface area contributed by atoms with E-state index >= 15 is 0 Å². The number of anilines is 3. The van der Waals surface area contributed by atoms with Gasteiger partial charge in [0, 0.05) is 34.7 Å². The Balaban J connectivity index is 1.16.